The lowest BCUT2D eigenvalue weighted by molar-refractivity contribution is 0.0983. The number of aromatic nitrogens is 1. The zero-order valence-electron chi connectivity index (χ0n) is 15.4. The number of carbonyl (C=O) groups is 1. The van der Waals surface area contributed by atoms with Crippen LogP contribution in [-0.2, 0) is 6.54 Å². The quantitative estimate of drug-likeness (QED) is 0.630. The summed E-state index contributed by atoms with van der Waals surface area (Å²) in [7, 11) is 0. The summed E-state index contributed by atoms with van der Waals surface area (Å²) < 4.78 is 0. The number of hydrogen-bond acceptors (Lipinski definition) is 3. The van der Waals surface area contributed by atoms with E-state index in [1.54, 1.807) is 17.2 Å². The molecule has 0 saturated carbocycles. The van der Waals surface area contributed by atoms with Gasteiger partial charge in [-0.05, 0) is 55.3 Å². The number of hydrogen-bond donors (Lipinski definition) is 1. The van der Waals surface area contributed by atoms with Crippen LogP contribution in [0, 0.1) is 6.92 Å². The summed E-state index contributed by atoms with van der Waals surface area (Å²) in [5, 5.41) is 4.00. The van der Waals surface area contributed by atoms with Crippen LogP contribution < -0.4 is 10.2 Å². The van der Waals surface area contributed by atoms with E-state index in [-0.39, 0.29) is 5.91 Å². The third-order valence-electron chi connectivity index (χ3n) is 4.30. The second-order valence-electron chi connectivity index (χ2n) is 6.27. The zero-order valence-corrected chi connectivity index (χ0v) is 16.2. The molecule has 1 heterocycles. The third kappa shape index (κ3) is 4.66. The monoisotopic (exact) mass is 379 g/mol. The van der Waals surface area contributed by atoms with E-state index < -0.39 is 0 Å². The molecule has 3 rings (SSSR count). The van der Waals surface area contributed by atoms with Gasteiger partial charge in [0.15, 0.2) is 0 Å². The highest BCUT2D eigenvalue weighted by atomic mass is 35.5. The summed E-state index contributed by atoms with van der Waals surface area (Å²) in [4.78, 5) is 18.9. The van der Waals surface area contributed by atoms with E-state index in [1.807, 2.05) is 68.4 Å². The molecule has 0 unspecified atom stereocenters. The Morgan fingerprint density at radius 3 is 2.59 bits per heavy atom. The third-order valence-corrected chi connectivity index (χ3v) is 4.67. The van der Waals surface area contributed by atoms with Crippen molar-refractivity contribution in [2.45, 2.75) is 20.4 Å². The lowest BCUT2D eigenvalue weighted by atomic mass is 10.2. The van der Waals surface area contributed by atoms with E-state index in [9.17, 15) is 4.79 Å². The van der Waals surface area contributed by atoms with Gasteiger partial charge in [0, 0.05) is 23.8 Å². The Balaban J connectivity index is 1.70. The molecule has 4 nitrogen and oxygen atoms in total. The van der Waals surface area contributed by atoms with Crippen LogP contribution in [0.1, 0.15) is 28.5 Å². The van der Waals surface area contributed by atoms with Gasteiger partial charge in [-0.3, -0.25) is 4.79 Å². The van der Waals surface area contributed by atoms with Crippen LogP contribution in [0.3, 0.4) is 0 Å². The SMILES string of the molecule is CCN(C(=O)c1ccc(NCc2ccccc2Cl)cn1)c1cccc(C)c1. The summed E-state index contributed by atoms with van der Waals surface area (Å²) >= 11 is 6.17. The number of amides is 1. The molecule has 0 radical (unpaired) electrons. The first kappa shape index (κ1) is 18.9. The molecule has 5 heteroatoms. The average Bonchev–Trinajstić information content (AvgIpc) is 2.68. The minimum atomic E-state index is -0.110. The lowest BCUT2D eigenvalue weighted by Gasteiger charge is -2.21. The predicted molar refractivity (Wildman–Crippen MR) is 112 cm³/mol. The standard InChI is InChI=1S/C22H22ClN3O/c1-3-26(19-9-6-7-16(2)13-19)22(27)21-12-11-18(15-25-21)24-14-17-8-4-5-10-20(17)23/h4-13,15,24H,3,14H2,1-2H3. The van der Waals surface area contributed by atoms with E-state index in [0.717, 1.165) is 27.5 Å². The second kappa shape index (κ2) is 8.69. The number of rotatable bonds is 6. The Kier molecular flexibility index (Phi) is 6.09. The molecule has 0 fully saturated rings. The molecule has 0 aliphatic heterocycles. The van der Waals surface area contributed by atoms with Gasteiger partial charge in [0.2, 0.25) is 0 Å². The fourth-order valence-corrected chi connectivity index (χ4v) is 3.04. The summed E-state index contributed by atoms with van der Waals surface area (Å²) in [6.07, 6.45) is 1.67. The van der Waals surface area contributed by atoms with Crippen molar-refractivity contribution in [1.82, 2.24) is 4.98 Å². The van der Waals surface area contributed by atoms with Crippen LogP contribution in [-0.4, -0.2) is 17.4 Å². The maximum absolute atomic E-state index is 12.8. The molecule has 0 aliphatic carbocycles. The van der Waals surface area contributed by atoms with Gasteiger partial charge >= 0.3 is 0 Å². The fraction of sp³-hybridized carbons (Fsp3) is 0.182. The zero-order chi connectivity index (χ0) is 19.2. The molecule has 2 aromatic carbocycles. The predicted octanol–water partition coefficient (Wildman–Crippen LogP) is 5.32. The van der Waals surface area contributed by atoms with Crippen LogP contribution in [0.4, 0.5) is 11.4 Å². The van der Waals surface area contributed by atoms with Crippen molar-refractivity contribution in [3.63, 3.8) is 0 Å². The summed E-state index contributed by atoms with van der Waals surface area (Å²) in [6.45, 7) is 5.15. The summed E-state index contributed by atoms with van der Waals surface area (Å²) in [5.41, 5.74) is 4.26. The van der Waals surface area contributed by atoms with E-state index in [1.165, 1.54) is 0 Å². The number of nitrogens with one attached hydrogen (secondary N) is 1. The molecule has 138 valence electrons. The van der Waals surface area contributed by atoms with Crippen LogP contribution in [0.2, 0.25) is 5.02 Å². The first-order valence-corrected chi connectivity index (χ1v) is 9.28. The molecule has 27 heavy (non-hydrogen) atoms. The van der Waals surface area contributed by atoms with Crippen LogP contribution in [0.15, 0.2) is 66.9 Å². The van der Waals surface area contributed by atoms with Gasteiger partial charge in [0.05, 0.1) is 11.9 Å². The smallest absolute Gasteiger partial charge is 0.276 e. The van der Waals surface area contributed by atoms with Crippen molar-refractivity contribution >= 4 is 28.9 Å². The molecule has 0 saturated heterocycles. The number of carbonyl (C=O) groups excluding carboxylic acids is 1. The number of anilines is 2. The molecule has 1 amide bonds. The number of aryl methyl sites for hydroxylation is 1. The highest BCUT2D eigenvalue weighted by Crippen LogP contribution is 2.19. The fourth-order valence-electron chi connectivity index (χ4n) is 2.84. The molecular formula is C22H22ClN3O. The highest BCUT2D eigenvalue weighted by molar-refractivity contribution is 6.31. The minimum Gasteiger partial charge on any atom is -0.380 e. The van der Waals surface area contributed by atoms with Gasteiger partial charge in [-0.2, -0.15) is 0 Å². The molecule has 3 aromatic rings. The highest BCUT2D eigenvalue weighted by Gasteiger charge is 2.17. The maximum Gasteiger partial charge on any atom is 0.276 e. The number of pyridine rings is 1. The Morgan fingerprint density at radius 1 is 1.11 bits per heavy atom. The first-order chi connectivity index (χ1) is 13.1. The minimum absolute atomic E-state index is 0.110. The van der Waals surface area contributed by atoms with Gasteiger partial charge in [-0.15, -0.1) is 0 Å². The van der Waals surface area contributed by atoms with Crippen molar-refractivity contribution in [2.75, 3.05) is 16.8 Å². The van der Waals surface area contributed by atoms with E-state index >= 15 is 0 Å². The van der Waals surface area contributed by atoms with Crippen LogP contribution >= 0.6 is 11.6 Å². The van der Waals surface area contributed by atoms with Crippen molar-refractivity contribution < 1.29 is 4.79 Å². The lowest BCUT2D eigenvalue weighted by Crippen LogP contribution is -2.31. The van der Waals surface area contributed by atoms with Crippen LogP contribution in [0.25, 0.3) is 0 Å². The molecule has 0 aliphatic rings. The van der Waals surface area contributed by atoms with Crippen LogP contribution in [0.5, 0.6) is 0 Å². The Hall–Kier alpha value is -2.85. The van der Waals surface area contributed by atoms with E-state index in [2.05, 4.69) is 10.3 Å². The van der Waals surface area contributed by atoms with Gasteiger partial charge in [-0.1, -0.05) is 41.9 Å². The summed E-state index contributed by atoms with van der Waals surface area (Å²) in [5.74, 6) is -0.110. The molecule has 1 aromatic heterocycles. The Morgan fingerprint density at radius 2 is 1.93 bits per heavy atom. The van der Waals surface area contributed by atoms with Gasteiger partial charge < -0.3 is 10.2 Å². The number of nitrogens with zero attached hydrogens (tertiary/aromatic N) is 2. The Bertz CT molecular complexity index is 925. The van der Waals surface area contributed by atoms with E-state index in [0.29, 0.717) is 18.8 Å². The van der Waals surface area contributed by atoms with Gasteiger partial charge in [0.1, 0.15) is 5.69 Å². The molecule has 0 spiro atoms. The Labute approximate surface area is 164 Å². The second-order valence-corrected chi connectivity index (χ2v) is 6.67. The van der Waals surface area contributed by atoms with E-state index in [4.69, 9.17) is 11.6 Å². The number of halogens is 1. The number of benzene rings is 2. The largest absolute Gasteiger partial charge is 0.380 e. The molecule has 0 atom stereocenters. The molecular weight excluding hydrogens is 358 g/mol. The average molecular weight is 380 g/mol. The molecule has 0 bridgehead atoms. The van der Waals surface area contributed by atoms with Crippen molar-refractivity contribution in [3.05, 3.63) is 88.7 Å². The first-order valence-electron chi connectivity index (χ1n) is 8.90. The molecule has 1 N–H and O–H groups in total. The van der Waals surface area contributed by atoms with Gasteiger partial charge in [0.25, 0.3) is 5.91 Å². The summed E-state index contributed by atoms with van der Waals surface area (Å²) in [6, 6.07) is 19.2. The van der Waals surface area contributed by atoms with Crippen molar-refractivity contribution in [2.24, 2.45) is 0 Å². The van der Waals surface area contributed by atoms with Crippen molar-refractivity contribution in [3.8, 4) is 0 Å². The topological polar surface area (TPSA) is 45.2 Å². The maximum atomic E-state index is 12.8. The normalized spacial score (nSPS) is 10.5. The van der Waals surface area contributed by atoms with Gasteiger partial charge in [-0.25, -0.2) is 4.98 Å². The van der Waals surface area contributed by atoms with Crippen molar-refractivity contribution in [1.29, 1.82) is 0 Å².